The van der Waals surface area contributed by atoms with E-state index < -0.39 is 5.54 Å². The van der Waals surface area contributed by atoms with Crippen molar-refractivity contribution in [3.05, 3.63) is 23.8 Å². The maximum Gasteiger partial charge on any atom is 0.244 e. The molecule has 0 atom stereocenters. The first kappa shape index (κ1) is 14.5. The van der Waals surface area contributed by atoms with Crippen LogP contribution in [-0.2, 0) is 9.59 Å². The number of carbonyl (C=O) groups excluding carboxylic acids is 2. The lowest BCUT2D eigenvalue weighted by Crippen LogP contribution is -2.48. The zero-order chi connectivity index (χ0) is 14.8. The van der Waals surface area contributed by atoms with E-state index in [9.17, 15) is 9.59 Å². The Morgan fingerprint density at radius 1 is 1.20 bits per heavy atom. The van der Waals surface area contributed by atoms with Gasteiger partial charge in [0.1, 0.15) is 0 Å². The van der Waals surface area contributed by atoms with Crippen LogP contribution in [0.2, 0.25) is 0 Å². The van der Waals surface area contributed by atoms with Crippen LogP contribution in [0.15, 0.2) is 18.2 Å². The Bertz CT molecular complexity index is 534. The van der Waals surface area contributed by atoms with E-state index in [4.69, 9.17) is 5.73 Å². The van der Waals surface area contributed by atoms with Crippen LogP contribution in [0, 0.1) is 6.92 Å². The molecule has 0 spiro atoms. The van der Waals surface area contributed by atoms with Gasteiger partial charge in [0.15, 0.2) is 0 Å². The highest BCUT2D eigenvalue weighted by molar-refractivity contribution is 5.99. The maximum atomic E-state index is 12.2. The number of nitrogens with one attached hydrogen (secondary N) is 2. The summed E-state index contributed by atoms with van der Waals surface area (Å²) in [5, 5.41) is 5.59. The van der Waals surface area contributed by atoms with Crippen LogP contribution < -0.4 is 16.4 Å². The summed E-state index contributed by atoms with van der Waals surface area (Å²) in [6.45, 7) is 3.36. The van der Waals surface area contributed by atoms with Gasteiger partial charge >= 0.3 is 0 Å². The first-order valence-corrected chi connectivity index (χ1v) is 6.89. The van der Waals surface area contributed by atoms with Gasteiger partial charge in [-0.05, 0) is 37.5 Å². The average molecular weight is 275 g/mol. The monoisotopic (exact) mass is 275 g/mol. The number of aryl methyl sites for hydroxylation is 1. The molecule has 0 aliphatic heterocycles. The van der Waals surface area contributed by atoms with E-state index >= 15 is 0 Å². The third-order valence-electron chi connectivity index (χ3n) is 3.75. The summed E-state index contributed by atoms with van der Waals surface area (Å²) < 4.78 is 0. The van der Waals surface area contributed by atoms with E-state index in [1.54, 1.807) is 6.07 Å². The number of nitrogens with two attached hydrogens (primary N) is 1. The fourth-order valence-corrected chi connectivity index (χ4v) is 2.51. The van der Waals surface area contributed by atoms with Gasteiger partial charge < -0.3 is 16.4 Å². The molecule has 5 heteroatoms. The van der Waals surface area contributed by atoms with Crippen LogP contribution in [0.25, 0.3) is 0 Å². The molecule has 0 bridgehead atoms. The van der Waals surface area contributed by atoms with Gasteiger partial charge in [0.25, 0.3) is 0 Å². The number of rotatable bonds is 3. The molecule has 108 valence electrons. The SMILES string of the molecule is CC(=O)Nc1cc(NC(=O)C2(N)CCCC2)ccc1C. The van der Waals surface area contributed by atoms with Crippen LogP contribution in [0.1, 0.15) is 38.2 Å². The van der Waals surface area contributed by atoms with Crippen molar-refractivity contribution in [3.63, 3.8) is 0 Å². The Morgan fingerprint density at radius 2 is 1.85 bits per heavy atom. The largest absolute Gasteiger partial charge is 0.326 e. The summed E-state index contributed by atoms with van der Waals surface area (Å²) in [6.07, 6.45) is 3.44. The van der Waals surface area contributed by atoms with Gasteiger partial charge in [0.05, 0.1) is 5.54 Å². The minimum Gasteiger partial charge on any atom is -0.326 e. The zero-order valence-corrected chi connectivity index (χ0v) is 12.0. The molecule has 1 aliphatic carbocycles. The first-order chi connectivity index (χ1) is 9.40. The molecule has 1 aromatic rings. The highest BCUT2D eigenvalue weighted by atomic mass is 16.2. The van der Waals surface area contributed by atoms with E-state index in [1.165, 1.54) is 6.92 Å². The molecule has 0 saturated heterocycles. The third kappa shape index (κ3) is 3.17. The van der Waals surface area contributed by atoms with Crippen LogP contribution in [0.4, 0.5) is 11.4 Å². The van der Waals surface area contributed by atoms with Crippen molar-refractivity contribution in [1.82, 2.24) is 0 Å². The molecule has 1 aliphatic rings. The predicted molar refractivity (Wildman–Crippen MR) is 79.5 cm³/mol. The molecule has 5 nitrogen and oxygen atoms in total. The van der Waals surface area contributed by atoms with E-state index in [1.807, 2.05) is 19.1 Å². The number of hydrogen-bond acceptors (Lipinski definition) is 3. The number of benzene rings is 1. The van der Waals surface area contributed by atoms with Gasteiger partial charge in [-0.1, -0.05) is 18.9 Å². The normalized spacial score (nSPS) is 16.8. The minimum absolute atomic E-state index is 0.136. The van der Waals surface area contributed by atoms with Crippen molar-refractivity contribution in [2.24, 2.45) is 5.73 Å². The molecule has 0 radical (unpaired) electrons. The summed E-state index contributed by atoms with van der Waals surface area (Å²) in [5.74, 6) is -0.282. The predicted octanol–water partition coefficient (Wildman–Crippen LogP) is 2.16. The molecule has 0 aromatic heterocycles. The van der Waals surface area contributed by atoms with Gasteiger partial charge in [-0.25, -0.2) is 0 Å². The lowest BCUT2D eigenvalue weighted by molar-refractivity contribution is -0.121. The quantitative estimate of drug-likeness (QED) is 0.790. The van der Waals surface area contributed by atoms with E-state index in [2.05, 4.69) is 10.6 Å². The highest BCUT2D eigenvalue weighted by Crippen LogP contribution is 2.29. The van der Waals surface area contributed by atoms with Gasteiger partial charge in [0, 0.05) is 18.3 Å². The number of anilines is 2. The Labute approximate surface area is 118 Å². The topological polar surface area (TPSA) is 84.2 Å². The molecule has 1 aromatic carbocycles. The standard InChI is InChI=1S/C15H21N3O2/c1-10-5-6-12(9-13(10)17-11(2)19)18-14(20)15(16)7-3-4-8-15/h5-6,9H,3-4,7-8,16H2,1-2H3,(H,17,19)(H,18,20). The Morgan fingerprint density at radius 3 is 2.45 bits per heavy atom. The maximum absolute atomic E-state index is 12.2. The highest BCUT2D eigenvalue weighted by Gasteiger charge is 2.36. The zero-order valence-electron chi connectivity index (χ0n) is 12.0. The number of amides is 2. The summed E-state index contributed by atoms with van der Waals surface area (Å²) in [5.41, 5.74) is 7.67. The van der Waals surface area contributed by atoms with Crippen molar-refractivity contribution in [2.75, 3.05) is 10.6 Å². The molecule has 4 N–H and O–H groups in total. The molecular formula is C15H21N3O2. The van der Waals surface area contributed by atoms with Crippen LogP contribution >= 0.6 is 0 Å². The molecule has 1 saturated carbocycles. The number of carbonyl (C=O) groups is 2. The van der Waals surface area contributed by atoms with Gasteiger partial charge in [-0.3, -0.25) is 9.59 Å². The molecule has 2 rings (SSSR count). The lowest BCUT2D eigenvalue weighted by atomic mass is 9.98. The Kier molecular flexibility index (Phi) is 4.09. The van der Waals surface area contributed by atoms with Gasteiger partial charge in [-0.2, -0.15) is 0 Å². The summed E-state index contributed by atoms with van der Waals surface area (Å²) in [6, 6.07) is 5.43. The van der Waals surface area contributed by atoms with Crippen LogP contribution in [0.5, 0.6) is 0 Å². The Balaban J connectivity index is 2.13. The smallest absolute Gasteiger partial charge is 0.244 e. The van der Waals surface area contributed by atoms with E-state index in [-0.39, 0.29) is 11.8 Å². The number of hydrogen-bond donors (Lipinski definition) is 3. The summed E-state index contributed by atoms with van der Waals surface area (Å²) in [7, 11) is 0. The van der Waals surface area contributed by atoms with Crippen molar-refractivity contribution >= 4 is 23.2 Å². The third-order valence-corrected chi connectivity index (χ3v) is 3.75. The molecule has 0 heterocycles. The van der Waals surface area contributed by atoms with Crippen molar-refractivity contribution in [1.29, 1.82) is 0 Å². The van der Waals surface area contributed by atoms with Crippen molar-refractivity contribution in [2.45, 2.75) is 45.1 Å². The summed E-state index contributed by atoms with van der Waals surface area (Å²) >= 11 is 0. The molecular weight excluding hydrogens is 254 g/mol. The van der Waals surface area contributed by atoms with Crippen LogP contribution in [-0.4, -0.2) is 17.4 Å². The molecule has 1 fully saturated rings. The fourth-order valence-electron chi connectivity index (χ4n) is 2.51. The van der Waals surface area contributed by atoms with E-state index in [0.29, 0.717) is 11.4 Å². The molecule has 0 unspecified atom stereocenters. The summed E-state index contributed by atoms with van der Waals surface area (Å²) in [4.78, 5) is 23.4. The van der Waals surface area contributed by atoms with Crippen molar-refractivity contribution < 1.29 is 9.59 Å². The average Bonchev–Trinajstić information content (AvgIpc) is 2.81. The second-order valence-corrected chi connectivity index (χ2v) is 5.53. The second-order valence-electron chi connectivity index (χ2n) is 5.53. The molecule has 20 heavy (non-hydrogen) atoms. The van der Waals surface area contributed by atoms with Gasteiger partial charge in [-0.15, -0.1) is 0 Å². The molecule has 2 amide bonds. The lowest BCUT2D eigenvalue weighted by Gasteiger charge is -2.22. The van der Waals surface area contributed by atoms with E-state index in [0.717, 1.165) is 31.2 Å². The van der Waals surface area contributed by atoms with Crippen molar-refractivity contribution in [3.8, 4) is 0 Å². The Hall–Kier alpha value is -1.88. The fraction of sp³-hybridized carbons (Fsp3) is 0.467. The second kappa shape index (κ2) is 5.63. The first-order valence-electron chi connectivity index (χ1n) is 6.89. The van der Waals surface area contributed by atoms with Crippen LogP contribution in [0.3, 0.4) is 0 Å². The minimum atomic E-state index is -0.751. The van der Waals surface area contributed by atoms with Gasteiger partial charge in [0.2, 0.25) is 11.8 Å².